The zero-order chi connectivity index (χ0) is 14.2. The van der Waals surface area contributed by atoms with E-state index in [2.05, 4.69) is 17.4 Å². The number of aryl methyl sites for hydroxylation is 1. The fourth-order valence-electron chi connectivity index (χ4n) is 2.85. The van der Waals surface area contributed by atoms with Crippen LogP contribution in [0.2, 0.25) is 0 Å². The van der Waals surface area contributed by atoms with Gasteiger partial charge in [-0.05, 0) is 32.1 Å². The van der Waals surface area contributed by atoms with Gasteiger partial charge in [0.05, 0.1) is 5.69 Å². The number of benzene rings is 1. The molecule has 0 saturated heterocycles. The van der Waals surface area contributed by atoms with Crippen molar-refractivity contribution in [2.75, 3.05) is 0 Å². The first-order valence-electron chi connectivity index (χ1n) is 7.64. The molecule has 1 saturated carbocycles. The summed E-state index contributed by atoms with van der Waals surface area (Å²) in [6.07, 6.45) is 5.04. The van der Waals surface area contributed by atoms with Gasteiger partial charge in [-0.2, -0.15) is 0 Å². The molecule has 2 aromatic rings. The predicted molar refractivity (Wildman–Crippen MR) is 84.2 cm³/mol. The van der Waals surface area contributed by atoms with E-state index in [-0.39, 0.29) is 11.8 Å². The summed E-state index contributed by atoms with van der Waals surface area (Å²) < 4.78 is 0. The molecule has 1 unspecified atom stereocenters. The minimum atomic E-state index is 0.141. The van der Waals surface area contributed by atoms with Gasteiger partial charge in [0.2, 0.25) is 5.91 Å². The summed E-state index contributed by atoms with van der Waals surface area (Å²) in [7, 11) is 0. The number of amides is 1. The van der Waals surface area contributed by atoms with Crippen LogP contribution in [0.4, 0.5) is 0 Å². The Morgan fingerprint density at radius 1 is 1.19 bits per heavy atom. The molecule has 108 valence electrons. The summed E-state index contributed by atoms with van der Waals surface area (Å²) in [5.41, 5.74) is 2.38. The van der Waals surface area contributed by atoms with E-state index >= 15 is 0 Å². The average molecular weight is 298 g/mol. The second-order valence-corrected chi connectivity index (χ2v) is 7.06. The van der Waals surface area contributed by atoms with Gasteiger partial charge in [-0.15, -0.1) is 11.3 Å². The Bertz CT molecular complexity index is 661. The van der Waals surface area contributed by atoms with Crippen molar-refractivity contribution >= 4 is 17.2 Å². The van der Waals surface area contributed by atoms with Gasteiger partial charge in [0.1, 0.15) is 5.01 Å². The molecule has 2 aliphatic rings. The number of hydrogen-bond acceptors (Lipinski definition) is 3. The summed E-state index contributed by atoms with van der Waals surface area (Å²) in [4.78, 5) is 18.3. The molecule has 0 aliphatic heterocycles. The molecule has 1 fully saturated rings. The molecular weight excluding hydrogens is 280 g/mol. The first-order chi connectivity index (χ1) is 10.3. The molecule has 4 heteroatoms. The molecular formula is C17H18N2OS. The number of hydrogen-bond donors (Lipinski definition) is 1. The molecule has 1 atom stereocenters. The molecule has 1 N–H and O–H groups in total. The summed E-state index contributed by atoms with van der Waals surface area (Å²) in [5.74, 6) is 0.389. The second kappa shape index (κ2) is 5.26. The van der Waals surface area contributed by atoms with Crippen LogP contribution in [0.1, 0.15) is 29.8 Å². The molecule has 0 radical (unpaired) electrons. The van der Waals surface area contributed by atoms with E-state index in [1.807, 2.05) is 18.2 Å². The highest BCUT2D eigenvalue weighted by Crippen LogP contribution is 2.35. The van der Waals surface area contributed by atoms with Crippen LogP contribution in [0.5, 0.6) is 0 Å². The van der Waals surface area contributed by atoms with Crippen LogP contribution < -0.4 is 5.32 Å². The number of aromatic nitrogens is 1. The van der Waals surface area contributed by atoms with Gasteiger partial charge in [-0.3, -0.25) is 4.79 Å². The van der Waals surface area contributed by atoms with Crippen molar-refractivity contribution in [2.24, 2.45) is 5.92 Å². The SMILES string of the molecule is O=C(NC1CC1)C1CCc2nc(-c3ccccc3)sc2C1. The Labute approximate surface area is 128 Å². The zero-order valence-electron chi connectivity index (χ0n) is 11.8. The number of nitrogens with zero attached hydrogens (tertiary/aromatic N) is 1. The lowest BCUT2D eigenvalue weighted by Crippen LogP contribution is -2.35. The molecule has 4 rings (SSSR count). The first-order valence-corrected chi connectivity index (χ1v) is 8.45. The highest BCUT2D eigenvalue weighted by molar-refractivity contribution is 7.15. The number of carbonyl (C=O) groups is 1. The lowest BCUT2D eigenvalue weighted by molar-refractivity contribution is -0.125. The van der Waals surface area contributed by atoms with Gasteiger partial charge in [-0.25, -0.2) is 4.98 Å². The molecule has 1 aromatic carbocycles. The van der Waals surface area contributed by atoms with Gasteiger partial charge in [-0.1, -0.05) is 30.3 Å². The van der Waals surface area contributed by atoms with Gasteiger partial charge < -0.3 is 5.32 Å². The van der Waals surface area contributed by atoms with Crippen molar-refractivity contribution < 1.29 is 4.79 Å². The van der Waals surface area contributed by atoms with Crippen molar-refractivity contribution in [3.05, 3.63) is 40.9 Å². The minimum absolute atomic E-state index is 0.141. The fourth-order valence-corrected chi connectivity index (χ4v) is 4.04. The second-order valence-electron chi connectivity index (χ2n) is 5.98. The van der Waals surface area contributed by atoms with Crippen LogP contribution in [0.3, 0.4) is 0 Å². The van der Waals surface area contributed by atoms with Gasteiger partial charge in [0.15, 0.2) is 0 Å². The maximum absolute atomic E-state index is 12.2. The van der Waals surface area contributed by atoms with E-state index in [1.54, 1.807) is 11.3 Å². The van der Waals surface area contributed by atoms with E-state index in [0.29, 0.717) is 6.04 Å². The van der Waals surface area contributed by atoms with Crippen LogP contribution in [0.25, 0.3) is 10.6 Å². The molecule has 2 aliphatic carbocycles. The van der Waals surface area contributed by atoms with Gasteiger partial charge >= 0.3 is 0 Å². The van der Waals surface area contributed by atoms with Crippen molar-refractivity contribution in [3.8, 4) is 10.6 Å². The molecule has 21 heavy (non-hydrogen) atoms. The fraction of sp³-hybridized carbons (Fsp3) is 0.412. The third-order valence-electron chi connectivity index (χ3n) is 4.25. The Morgan fingerprint density at radius 3 is 2.76 bits per heavy atom. The third kappa shape index (κ3) is 2.72. The predicted octanol–water partition coefficient (Wildman–Crippen LogP) is 3.19. The third-order valence-corrected chi connectivity index (χ3v) is 5.42. The van der Waals surface area contributed by atoms with Gasteiger partial charge in [0, 0.05) is 22.4 Å². The summed E-state index contributed by atoms with van der Waals surface area (Å²) in [5, 5.41) is 4.23. The highest BCUT2D eigenvalue weighted by Gasteiger charge is 2.31. The Morgan fingerprint density at radius 2 is 2.00 bits per heavy atom. The molecule has 0 bridgehead atoms. The van der Waals surface area contributed by atoms with E-state index in [9.17, 15) is 4.79 Å². The number of nitrogens with one attached hydrogen (secondary N) is 1. The molecule has 1 aromatic heterocycles. The topological polar surface area (TPSA) is 42.0 Å². The van der Waals surface area contributed by atoms with Crippen molar-refractivity contribution in [1.82, 2.24) is 10.3 Å². The van der Waals surface area contributed by atoms with E-state index in [4.69, 9.17) is 4.98 Å². The summed E-state index contributed by atoms with van der Waals surface area (Å²) >= 11 is 1.75. The largest absolute Gasteiger partial charge is 0.353 e. The number of carbonyl (C=O) groups excluding carboxylic acids is 1. The van der Waals surface area contributed by atoms with Crippen LogP contribution in [-0.2, 0) is 17.6 Å². The molecule has 1 amide bonds. The highest BCUT2D eigenvalue weighted by atomic mass is 32.1. The summed E-state index contributed by atoms with van der Waals surface area (Å²) in [6, 6.07) is 10.8. The quantitative estimate of drug-likeness (QED) is 0.945. The number of rotatable bonds is 3. The van der Waals surface area contributed by atoms with Crippen molar-refractivity contribution in [3.63, 3.8) is 0 Å². The summed E-state index contributed by atoms with van der Waals surface area (Å²) in [6.45, 7) is 0. The molecule has 3 nitrogen and oxygen atoms in total. The van der Waals surface area contributed by atoms with E-state index < -0.39 is 0 Å². The van der Waals surface area contributed by atoms with Crippen molar-refractivity contribution in [1.29, 1.82) is 0 Å². The Kier molecular flexibility index (Phi) is 3.26. The maximum atomic E-state index is 12.2. The van der Waals surface area contributed by atoms with Crippen LogP contribution in [-0.4, -0.2) is 16.9 Å². The number of fused-ring (bicyclic) bond motifs is 1. The zero-order valence-corrected chi connectivity index (χ0v) is 12.7. The smallest absolute Gasteiger partial charge is 0.223 e. The van der Waals surface area contributed by atoms with E-state index in [1.165, 1.54) is 16.1 Å². The Hall–Kier alpha value is -1.68. The monoisotopic (exact) mass is 298 g/mol. The standard InChI is InChI=1S/C17H18N2OS/c20-16(18-13-7-8-13)12-6-9-14-15(10-12)21-17(19-14)11-4-2-1-3-5-11/h1-5,12-13H,6-10H2,(H,18,20). The van der Waals surface area contributed by atoms with Crippen molar-refractivity contribution in [2.45, 2.75) is 38.1 Å². The van der Waals surface area contributed by atoms with Crippen LogP contribution >= 0.6 is 11.3 Å². The molecule has 0 spiro atoms. The van der Waals surface area contributed by atoms with Crippen LogP contribution in [0.15, 0.2) is 30.3 Å². The van der Waals surface area contributed by atoms with Crippen LogP contribution in [0, 0.1) is 5.92 Å². The first kappa shape index (κ1) is 13.0. The lowest BCUT2D eigenvalue weighted by atomic mass is 9.90. The van der Waals surface area contributed by atoms with E-state index in [0.717, 1.165) is 37.1 Å². The molecule has 1 heterocycles. The normalized spacial score (nSPS) is 20.9. The van der Waals surface area contributed by atoms with Gasteiger partial charge in [0.25, 0.3) is 0 Å². The maximum Gasteiger partial charge on any atom is 0.223 e. The Balaban J connectivity index is 1.52. The number of thiazole rings is 1. The average Bonchev–Trinajstić information content (AvgIpc) is 3.23. The minimum Gasteiger partial charge on any atom is -0.353 e. The lowest BCUT2D eigenvalue weighted by Gasteiger charge is -2.20.